The third-order valence-corrected chi connectivity index (χ3v) is 7.01. The SMILES string of the molecule is CCOC(=O)c1ccc(N2C(=O)CC(N(C(=O)c3ccc(Cl)c([N+](=O)[O-])c3)C3CCCCC3)C2=O)cc1. The summed E-state index contributed by atoms with van der Waals surface area (Å²) >= 11 is 5.93. The van der Waals surface area contributed by atoms with Crippen LogP contribution in [0, 0.1) is 10.1 Å². The summed E-state index contributed by atoms with van der Waals surface area (Å²) in [5.41, 5.74) is 0.181. The van der Waals surface area contributed by atoms with Gasteiger partial charge in [0.2, 0.25) is 5.91 Å². The van der Waals surface area contributed by atoms with Gasteiger partial charge in [-0.1, -0.05) is 30.9 Å². The maximum absolute atomic E-state index is 13.7. The third-order valence-electron chi connectivity index (χ3n) is 6.69. The summed E-state index contributed by atoms with van der Waals surface area (Å²) in [6, 6.07) is 8.35. The minimum atomic E-state index is -1.05. The number of anilines is 1. The van der Waals surface area contributed by atoms with Gasteiger partial charge in [0, 0.05) is 17.7 Å². The topological polar surface area (TPSA) is 127 Å². The molecule has 1 saturated carbocycles. The van der Waals surface area contributed by atoms with Crippen LogP contribution in [0.15, 0.2) is 42.5 Å². The maximum atomic E-state index is 13.7. The molecule has 2 aromatic rings. The van der Waals surface area contributed by atoms with Crippen molar-refractivity contribution >= 4 is 46.7 Å². The van der Waals surface area contributed by atoms with Gasteiger partial charge in [0.25, 0.3) is 17.5 Å². The van der Waals surface area contributed by atoms with Crippen molar-refractivity contribution in [1.29, 1.82) is 0 Å². The number of carbonyl (C=O) groups is 4. The second kappa shape index (κ2) is 11.1. The van der Waals surface area contributed by atoms with Crippen LogP contribution in [0.2, 0.25) is 5.02 Å². The van der Waals surface area contributed by atoms with E-state index in [0.717, 1.165) is 30.2 Å². The quantitative estimate of drug-likeness (QED) is 0.224. The van der Waals surface area contributed by atoms with Crippen LogP contribution in [-0.4, -0.2) is 52.2 Å². The predicted molar refractivity (Wildman–Crippen MR) is 134 cm³/mol. The molecule has 1 unspecified atom stereocenters. The van der Waals surface area contributed by atoms with Gasteiger partial charge in [-0.2, -0.15) is 0 Å². The number of esters is 1. The highest BCUT2D eigenvalue weighted by atomic mass is 35.5. The van der Waals surface area contributed by atoms with Crippen molar-refractivity contribution in [2.75, 3.05) is 11.5 Å². The number of halogens is 1. The Kier molecular flexibility index (Phi) is 7.87. The lowest BCUT2D eigenvalue weighted by atomic mass is 9.92. The van der Waals surface area contributed by atoms with Crippen molar-refractivity contribution in [2.45, 2.75) is 57.5 Å². The number of imide groups is 1. The highest BCUT2D eigenvalue weighted by molar-refractivity contribution is 6.32. The van der Waals surface area contributed by atoms with Gasteiger partial charge in [-0.3, -0.25) is 24.5 Å². The van der Waals surface area contributed by atoms with E-state index in [9.17, 15) is 29.3 Å². The molecule has 4 rings (SSSR count). The molecule has 1 atom stereocenters. The molecular weight excluding hydrogens is 502 g/mol. The number of carbonyl (C=O) groups excluding carboxylic acids is 4. The summed E-state index contributed by atoms with van der Waals surface area (Å²) in [4.78, 5) is 65.4. The van der Waals surface area contributed by atoms with Crippen LogP contribution in [0.5, 0.6) is 0 Å². The highest BCUT2D eigenvalue weighted by Gasteiger charge is 2.47. The Labute approximate surface area is 218 Å². The number of benzene rings is 2. The fraction of sp³-hybridized carbons (Fsp3) is 0.385. The number of nitro groups is 1. The number of hydrogen-bond donors (Lipinski definition) is 0. The standard InChI is InChI=1S/C26H26ClN3O7/c1-2-37-26(34)16-8-11-19(12-9-16)29-23(31)15-22(25(29)33)28(18-6-4-3-5-7-18)24(32)17-10-13-20(27)21(14-17)30(35)36/h8-14,18,22H,2-7,15H2,1H3. The van der Waals surface area contributed by atoms with Crippen LogP contribution in [0.3, 0.4) is 0 Å². The Hall–Kier alpha value is -3.79. The van der Waals surface area contributed by atoms with Crippen molar-refractivity contribution in [2.24, 2.45) is 0 Å². The molecule has 11 heteroatoms. The van der Waals surface area contributed by atoms with E-state index in [0.29, 0.717) is 12.8 Å². The van der Waals surface area contributed by atoms with Crippen LogP contribution in [-0.2, 0) is 14.3 Å². The van der Waals surface area contributed by atoms with Crippen molar-refractivity contribution < 1.29 is 28.8 Å². The van der Waals surface area contributed by atoms with Crippen LogP contribution in [0.1, 0.15) is 66.2 Å². The van der Waals surface area contributed by atoms with Crippen LogP contribution < -0.4 is 4.90 Å². The molecule has 1 heterocycles. The van der Waals surface area contributed by atoms with Gasteiger partial charge in [0.15, 0.2) is 0 Å². The zero-order valence-corrected chi connectivity index (χ0v) is 21.0. The predicted octanol–water partition coefficient (Wildman–Crippen LogP) is 4.53. The van der Waals surface area contributed by atoms with Gasteiger partial charge in [-0.05, 0) is 56.2 Å². The third kappa shape index (κ3) is 5.34. The van der Waals surface area contributed by atoms with E-state index in [2.05, 4.69) is 0 Å². The molecule has 37 heavy (non-hydrogen) atoms. The highest BCUT2D eigenvalue weighted by Crippen LogP contribution is 2.33. The molecule has 1 aliphatic carbocycles. The van der Waals surface area contributed by atoms with Gasteiger partial charge in [0.1, 0.15) is 11.1 Å². The van der Waals surface area contributed by atoms with E-state index < -0.39 is 40.3 Å². The largest absolute Gasteiger partial charge is 0.462 e. The van der Waals surface area contributed by atoms with E-state index in [-0.39, 0.29) is 40.9 Å². The van der Waals surface area contributed by atoms with E-state index in [1.165, 1.54) is 41.3 Å². The Morgan fingerprint density at radius 2 is 1.73 bits per heavy atom. The van der Waals surface area contributed by atoms with E-state index in [1.54, 1.807) is 6.92 Å². The van der Waals surface area contributed by atoms with Crippen LogP contribution in [0.4, 0.5) is 11.4 Å². The molecule has 0 N–H and O–H groups in total. The average molecular weight is 528 g/mol. The molecule has 0 aromatic heterocycles. The van der Waals surface area contributed by atoms with Crippen molar-refractivity contribution in [3.63, 3.8) is 0 Å². The van der Waals surface area contributed by atoms with Crippen molar-refractivity contribution in [1.82, 2.24) is 4.90 Å². The zero-order valence-electron chi connectivity index (χ0n) is 20.2. The summed E-state index contributed by atoms with van der Waals surface area (Å²) < 4.78 is 4.97. The van der Waals surface area contributed by atoms with E-state index >= 15 is 0 Å². The minimum Gasteiger partial charge on any atom is -0.462 e. The van der Waals surface area contributed by atoms with Gasteiger partial charge in [-0.15, -0.1) is 0 Å². The molecule has 0 bridgehead atoms. The molecule has 0 radical (unpaired) electrons. The molecule has 2 aliphatic rings. The summed E-state index contributed by atoms with van der Waals surface area (Å²) in [5.74, 6) is -2.11. The summed E-state index contributed by atoms with van der Waals surface area (Å²) in [6.45, 7) is 1.91. The van der Waals surface area contributed by atoms with Crippen molar-refractivity contribution in [3.05, 3.63) is 68.7 Å². The molecule has 2 aromatic carbocycles. The zero-order chi connectivity index (χ0) is 26.7. The summed E-state index contributed by atoms with van der Waals surface area (Å²) in [6.07, 6.45) is 3.84. The first-order chi connectivity index (χ1) is 17.7. The molecule has 1 saturated heterocycles. The van der Waals surface area contributed by atoms with E-state index in [4.69, 9.17) is 16.3 Å². The number of hydrogen-bond acceptors (Lipinski definition) is 7. The Balaban J connectivity index is 1.65. The first-order valence-corrected chi connectivity index (χ1v) is 12.5. The lowest BCUT2D eigenvalue weighted by Gasteiger charge is -2.37. The fourth-order valence-electron chi connectivity index (χ4n) is 4.92. The van der Waals surface area contributed by atoms with Gasteiger partial charge >= 0.3 is 5.97 Å². The van der Waals surface area contributed by atoms with Crippen molar-refractivity contribution in [3.8, 4) is 0 Å². The van der Waals surface area contributed by atoms with Gasteiger partial charge in [0.05, 0.1) is 29.2 Å². The maximum Gasteiger partial charge on any atom is 0.338 e. The average Bonchev–Trinajstić information content (AvgIpc) is 3.18. The molecule has 2 fully saturated rings. The first kappa shape index (κ1) is 26.3. The Morgan fingerprint density at radius 3 is 2.35 bits per heavy atom. The van der Waals surface area contributed by atoms with E-state index in [1.807, 2.05) is 0 Å². The second-order valence-corrected chi connectivity index (χ2v) is 9.39. The van der Waals surface area contributed by atoms with Gasteiger partial charge < -0.3 is 9.64 Å². The second-order valence-electron chi connectivity index (χ2n) is 8.98. The summed E-state index contributed by atoms with van der Waals surface area (Å²) in [5, 5.41) is 11.3. The Morgan fingerprint density at radius 1 is 1.08 bits per heavy atom. The molecule has 0 spiro atoms. The monoisotopic (exact) mass is 527 g/mol. The summed E-state index contributed by atoms with van der Waals surface area (Å²) in [7, 11) is 0. The number of amides is 3. The smallest absolute Gasteiger partial charge is 0.338 e. The fourth-order valence-corrected chi connectivity index (χ4v) is 5.11. The number of nitro benzene ring substituents is 1. The lowest BCUT2D eigenvalue weighted by molar-refractivity contribution is -0.384. The number of nitrogens with zero attached hydrogens (tertiary/aromatic N) is 3. The molecule has 194 valence electrons. The lowest BCUT2D eigenvalue weighted by Crippen LogP contribution is -2.51. The minimum absolute atomic E-state index is 0.0270. The van der Waals surface area contributed by atoms with Crippen LogP contribution in [0.25, 0.3) is 0 Å². The molecule has 3 amide bonds. The molecule has 10 nitrogen and oxygen atoms in total. The molecular formula is C26H26ClN3O7. The Bertz CT molecular complexity index is 1240. The first-order valence-electron chi connectivity index (χ1n) is 12.1. The normalized spacial score (nSPS) is 18.1. The van der Waals surface area contributed by atoms with Gasteiger partial charge in [-0.25, -0.2) is 9.69 Å². The van der Waals surface area contributed by atoms with Crippen LogP contribution >= 0.6 is 11.6 Å². The number of ether oxygens (including phenoxy) is 1. The molecule has 1 aliphatic heterocycles. The number of rotatable bonds is 7.